The van der Waals surface area contributed by atoms with Crippen LogP contribution in [0.15, 0.2) is 0 Å². The van der Waals surface area contributed by atoms with Crippen molar-refractivity contribution in [1.82, 2.24) is 10.2 Å². The molecule has 0 aromatic carbocycles. The van der Waals surface area contributed by atoms with E-state index in [2.05, 4.69) is 5.32 Å². The average molecular weight is 302 g/mol. The van der Waals surface area contributed by atoms with Crippen LogP contribution in [0.5, 0.6) is 0 Å². The summed E-state index contributed by atoms with van der Waals surface area (Å²) in [5.74, 6) is -1.51. The number of nitrogens with one attached hydrogen (secondary N) is 1. The van der Waals surface area contributed by atoms with Gasteiger partial charge in [0.1, 0.15) is 0 Å². The molecule has 0 saturated heterocycles. The standard InChI is InChI=1S/C14H26N2O5/c1-5-21-13(20)7-6-8-15-11(17)9-16(10-12(18)19)14(2,3)4/h5-10H2,1-4H3,(H,15,17)(H,18,19). The highest BCUT2D eigenvalue weighted by molar-refractivity contribution is 5.79. The minimum atomic E-state index is -0.972. The van der Waals surface area contributed by atoms with Crippen molar-refractivity contribution in [3.63, 3.8) is 0 Å². The number of nitrogens with zero attached hydrogens (tertiary/aromatic N) is 1. The Kier molecular flexibility index (Phi) is 8.61. The highest BCUT2D eigenvalue weighted by Gasteiger charge is 2.25. The molecule has 122 valence electrons. The summed E-state index contributed by atoms with van der Waals surface area (Å²) >= 11 is 0. The Morgan fingerprint density at radius 3 is 2.29 bits per heavy atom. The molecule has 0 saturated carbocycles. The normalized spacial score (nSPS) is 11.3. The molecule has 0 aromatic heterocycles. The molecule has 0 aromatic rings. The lowest BCUT2D eigenvalue weighted by atomic mass is 10.1. The Morgan fingerprint density at radius 1 is 1.19 bits per heavy atom. The first-order valence-electron chi connectivity index (χ1n) is 7.06. The van der Waals surface area contributed by atoms with Crippen LogP contribution in [-0.4, -0.2) is 59.6 Å². The number of aliphatic carboxylic acids is 1. The summed E-state index contributed by atoms with van der Waals surface area (Å²) < 4.78 is 4.78. The smallest absolute Gasteiger partial charge is 0.317 e. The zero-order valence-corrected chi connectivity index (χ0v) is 13.3. The molecule has 7 heteroatoms. The molecule has 7 nitrogen and oxygen atoms in total. The molecule has 0 unspecified atom stereocenters. The summed E-state index contributed by atoms with van der Waals surface area (Å²) in [5.41, 5.74) is -0.416. The zero-order valence-electron chi connectivity index (χ0n) is 13.3. The van der Waals surface area contributed by atoms with Crippen molar-refractivity contribution >= 4 is 17.8 Å². The summed E-state index contributed by atoms with van der Waals surface area (Å²) in [6, 6.07) is 0. The second-order valence-electron chi connectivity index (χ2n) is 5.68. The van der Waals surface area contributed by atoms with E-state index in [4.69, 9.17) is 9.84 Å². The van der Waals surface area contributed by atoms with Gasteiger partial charge in [0.25, 0.3) is 0 Å². The van der Waals surface area contributed by atoms with E-state index in [1.54, 1.807) is 11.8 Å². The molecule has 2 N–H and O–H groups in total. The van der Waals surface area contributed by atoms with Crippen molar-refractivity contribution in [2.45, 2.75) is 46.1 Å². The molecule has 0 atom stereocenters. The van der Waals surface area contributed by atoms with E-state index in [-0.39, 0.29) is 31.4 Å². The van der Waals surface area contributed by atoms with Gasteiger partial charge in [0.15, 0.2) is 0 Å². The molecule has 0 heterocycles. The van der Waals surface area contributed by atoms with Crippen LogP contribution in [0.25, 0.3) is 0 Å². The number of ether oxygens (including phenoxy) is 1. The second-order valence-corrected chi connectivity index (χ2v) is 5.68. The predicted octanol–water partition coefficient (Wildman–Crippen LogP) is 0.631. The van der Waals surface area contributed by atoms with E-state index in [1.165, 1.54) is 0 Å². The van der Waals surface area contributed by atoms with E-state index in [0.29, 0.717) is 19.6 Å². The van der Waals surface area contributed by atoms with Crippen LogP contribution in [0.4, 0.5) is 0 Å². The predicted molar refractivity (Wildman–Crippen MR) is 77.8 cm³/mol. The Labute approximate surface area is 125 Å². The third-order valence-corrected chi connectivity index (χ3v) is 2.79. The van der Waals surface area contributed by atoms with Gasteiger partial charge in [0, 0.05) is 18.5 Å². The maximum Gasteiger partial charge on any atom is 0.317 e. The summed E-state index contributed by atoms with van der Waals surface area (Å²) in [4.78, 5) is 35.3. The van der Waals surface area contributed by atoms with Crippen molar-refractivity contribution < 1.29 is 24.2 Å². The van der Waals surface area contributed by atoms with Crippen molar-refractivity contribution in [1.29, 1.82) is 0 Å². The van der Waals surface area contributed by atoms with E-state index in [0.717, 1.165) is 0 Å². The number of rotatable bonds is 9. The van der Waals surface area contributed by atoms with Gasteiger partial charge >= 0.3 is 11.9 Å². The number of carboxylic acids is 1. The number of amides is 1. The fourth-order valence-electron chi connectivity index (χ4n) is 1.62. The number of carbonyl (C=O) groups excluding carboxylic acids is 2. The minimum absolute atomic E-state index is 0.00913. The summed E-state index contributed by atoms with van der Waals surface area (Å²) in [7, 11) is 0. The zero-order chi connectivity index (χ0) is 16.5. The molecule has 0 aliphatic heterocycles. The van der Waals surface area contributed by atoms with Crippen LogP contribution < -0.4 is 5.32 Å². The summed E-state index contributed by atoms with van der Waals surface area (Å²) in [5, 5.41) is 11.5. The molecule has 1 amide bonds. The number of esters is 1. The van der Waals surface area contributed by atoms with Crippen molar-refractivity contribution in [3.8, 4) is 0 Å². The third-order valence-electron chi connectivity index (χ3n) is 2.79. The number of hydrogen-bond acceptors (Lipinski definition) is 5. The van der Waals surface area contributed by atoms with E-state index >= 15 is 0 Å². The van der Waals surface area contributed by atoms with Gasteiger partial charge in [-0.25, -0.2) is 0 Å². The molecule has 0 aliphatic carbocycles. The molecule has 21 heavy (non-hydrogen) atoms. The SMILES string of the molecule is CCOC(=O)CCCNC(=O)CN(CC(=O)O)C(C)(C)C. The van der Waals surface area contributed by atoms with Crippen LogP contribution in [0.3, 0.4) is 0 Å². The van der Waals surface area contributed by atoms with E-state index in [9.17, 15) is 14.4 Å². The van der Waals surface area contributed by atoms with Gasteiger partial charge in [-0.05, 0) is 34.1 Å². The van der Waals surface area contributed by atoms with Gasteiger partial charge in [-0.15, -0.1) is 0 Å². The first-order valence-corrected chi connectivity index (χ1v) is 7.06. The third kappa shape index (κ3) is 9.84. The Morgan fingerprint density at radius 2 is 1.81 bits per heavy atom. The highest BCUT2D eigenvalue weighted by atomic mass is 16.5. The fraction of sp³-hybridized carbons (Fsp3) is 0.786. The van der Waals surface area contributed by atoms with Gasteiger partial charge < -0.3 is 15.2 Å². The lowest BCUT2D eigenvalue weighted by molar-refractivity contribution is -0.143. The minimum Gasteiger partial charge on any atom is -0.480 e. The van der Waals surface area contributed by atoms with Crippen LogP contribution in [0, 0.1) is 0 Å². The first kappa shape index (κ1) is 19.4. The summed E-state index contributed by atoms with van der Waals surface area (Å²) in [6.45, 7) is 7.82. The maximum atomic E-state index is 11.8. The van der Waals surface area contributed by atoms with E-state index < -0.39 is 11.5 Å². The molecule has 0 bridgehead atoms. The number of carboxylic acid groups (broad SMARTS) is 1. The largest absolute Gasteiger partial charge is 0.480 e. The van der Waals surface area contributed by atoms with Crippen molar-refractivity contribution in [2.24, 2.45) is 0 Å². The van der Waals surface area contributed by atoms with Crippen LogP contribution >= 0.6 is 0 Å². The molecular weight excluding hydrogens is 276 g/mol. The molecule has 0 aliphatic rings. The number of carbonyl (C=O) groups is 3. The van der Waals surface area contributed by atoms with Gasteiger partial charge in [0.2, 0.25) is 5.91 Å². The topological polar surface area (TPSA) is 95.9 Å². The Hall–Kier alpha value is -1.63. The van der Waals surface area contributed by atoms with Crippen LogP contribution in [0.2, 0.25) is 0 Å². The number of hydrogen-bond donors (Lipinski definition) is 2. The molecule has 0 fully saturated rings. The molecular formula is C14H26N2O5. The van der Waals surface area contributed by atoms with Crippen LogP contribution in [-0.2, 0) is 19.1 Å². The maximum absolute atomic E-state index is 11.8. The lowest BCUT2D eigenvalue weighted by Crippen LogP contribution is -2.49. The van der Waals surface area contributed by atoms with E-state index in [1.807, 2.05) is 20.8 Å². The van der Waals surface area contributed by atoms with Gasteiger partial charge in [-0.3, -0.25) is 19.3 Å². The van der Waals surface area contributed by atoms with Crippen LogP contribution in [0.1, 0.15) is 40.5 Å². The average Bonchev–Trinajstić information content (AvgIpc) is 2.32. The lowest BCUT2D eigenvalue weighted by Gasteiger charge is -2.33. The van der Waals surface area contributed by atoms with Gasteiger partial charge in [-0.1, -0.05) is 0 Å². The Bertz CT molecular complexity index is 363. The fourth-order valence-corrected chi connectivity index (χ4v) is 1.62. The quantitative estimate of drug-likeness (QED) is 0.479. The molecule has 0 rings (SSSR count). The molecule has 0 spiro atoms. The van der Waals surface area contributed by atoms with Gasteiger partial charge in [-0.2, -0.15) is 0 Å². The van der Waals surface area contributed by atoms with Crippen molar-refractivity contribution in [3.05, 3.63) is 0 Å². The van der Waals surface area contributed by atoms with Crippen molar-refractivity contribution in [2.75, 3.05) is 26.2 Å². The monoisotopic (exact) mass is 302 g/mol. The highest BCUT2D eigenvalue weighted by Crippen LogP contribution is 2.12. The second kappa shape index (κ2) is 9.33. The first-order chi connectivity index (χ1) is 9.66. The van der Waals surface area contributed by atoms with Gasteiger partial charge in [0.05, 0.1) is 19.7 Å². The Balaban J connectivity index is 4.10. The summed E-state index contributed by atoms with van der Waals surface area (Å²) in [6.07, 6.45) is 0.755. The molecule has 0 radical (unpaired) electrons.